The van der Waals surface area contributed by atoms with E-state index in [0.717, 1.165) is 10.0 Å². The maximum Gasteiger partial charge on any atom is 0.250 e. The molecule has 0 heterocycles. The van der Waals surface area contributed by atoms with Crippen LogP contribution < -0.4 is 5.32 Å². The highest BCUT2D eigenvalue weighted by Crippen LogP contribution is 2.11. The number of carbonyl (C=O) groups excluding carboxylic acids is 2. The molecular weight excluding hydrogens is 346 g/mol. The van der Waals surface area contributed by atoms with Crippen molar-refractivity contribution in [3.8, 4) is 0 Å². The molecule has 0 atom stereocenters. The Bertz CT molecular complexity index is 668. The van der Waals surface area contributed by atoms with Gasteiger partial charge in [0.25, 0.3) is 0 Å². The van der Waals surface area contributed by atoms with Crippen LogP contribution in [-0.4, -0.2) is 24.9 Å². The predicted molar refractivity (Wildman–Crippen MR) is 89.1 cm³/mol. The van der Waals surface area contributed by atoms with Crippen LogP contribution in [-0.2, 0) is 9.53 Å². The maximum absolute atomic E-state index is 11.9. The Kier molecular flexibility index (Phi) is 5.86. The minimum atomic E-state index is -0.283. The van der Waals surface area contributed by atoms with Gasteiger partial charge in [0.2, 0.25) is 5.91 Å². The van der Waals surface area contributed by atoms with Crippen LogP contribution in [0.15, 0.2) is 53.0 Å². The van der Waals surface area contributed by atoms with Gasteiger partial charge in [0, 0.05) is 15.7 Å². The molecule has 0 spiro atoms. The maximum atomic E-state index is 11.9. The van der Waals surface area contributed by atoms with E-state index in [9.17, 15) is 9.59 Å². The molecule has 0 saturated carbocycles. The summed E-state index contributed by atoms with van der Waals surface area (Å²) >= 11 is 3.31. The Morgan fingerprint density at radius 3 is 2.50 bits per heavy atom. The van der Waals surface area contributed by atoms with Crippen molar-refractivity contribution in [2.45, 2.75) is 6.92 Å². The lowest BCUT2D eigenvalue weighted by Gasteiger charge is -2.07. The van der Waals surface area contributed by atoms with Crippen LogP contribution in [0.5, 0.6) is 0 Å². The van der Waals surface area contributed by atoms with Crippen LogP contribution in [0.2, 0.25) is 0 Å². The fourth-order valence-electron chi connectivity index (χ4n) is 1.88. The van der Waals surface area contributed by atoms with Crippen molar-refractivity contribution in [2.24, 2.45) is 0 Å². The zero-order valence-electron chi connectivity index (χ0n) is 12.1. The number of hydrogen-bond acceptors (Lipinski definition) is 3. The second kappa shape index (κ2) is 7.87. The number of halogens is 1. The lowest BCUT2D eigenvalue weighted by atomic mass is 10.1. The zero-order chi connectivity index (χ0) is 15.9. The third-order valence-corrected chi connectivity index (χ3v) is 3.46. The monoisotopic (exact) mass is 361 g/mol. The number of anilines is 1. The molecule has 0 aliphatic heterocycles. The number of ether oxygens (including phenoxy) is 1. The highest BCUT2D eigenvalue weighted by molar-refractivity contribution is 9.10. The SMILES string of the molecule is Cc1cccc(NC(=O)COCC(=O)c2ccc(Br)cc2)c1. The van der Waals surface area contributed by atoms with Crippen molar-refractivity contribution in [1.82, 2.24) is 0 Å². The van der Waals surface area contributed by atoms with Crippen LogP contribution in [0.4, 0.5) is 5.69 Å². The van der Waals surface area contributed by atoms with Gasteiger partial charge in [-0.05, 0) is 36.8 Å². The van der Waals surface area contributed by atoms with E-state index in [1.165, 1.54) is 0 Å². The van der Waals surface area contributed by atoms with Crippen molar-refractivity contribution in [2.75, 3.05) is 18.5 Å². The second-order valence-electron chi connectivity index (χ2n) is 4.84. The van der Waals surface area contributed by atoms with Gasteiger partial charge in [0.1, 0.15) is 13.2 Å². The summed E-state index contributed by atoms with van der Waals surface area (Å²) in [6.07, 6.45) is 0. The van der Waals surface area contributed by atoms with Gasteiger partial charge in [0.15, 0.2) is 5.78 Å². The van der Waals surface area contributed by atoms with E-state index < -0.39 is 0 Å². The summed E-state index contributed by atoms with van der Waals surface area (Å²) in [6, 6.07) is 14.5. The topological polar surface area (TPSA) is 55.4 Å². The van der Waals surface area contributed by atoms with Crippen LogP contribution in [0.3, 0.4) is 0 Å². The summed E-state index contributed by atoms with van der Waals surface area (Å²) < 4.78 is 6.08. The van der Waals surface area contributed by atoms with Gasteiger partial charge in [0.05, 0.1) is 0 Å². The van der Waals surface area contributed by atoms with E-state index in [1.807, 2.05) is 25.1 Å². The van der Waals surface area contributed by atoms with Gasteiger partial charge in [-0.1, -0.05) is 40.2 Å². The molecule has 0 bridgehead atoms. The zero-order valence-corrected chi connectivity index (χ0v) is 13.7. The minimum absolute atomic E-state index is 0.122. The molecule has 2 rings (SSSR count). The molecular formula is C17H16BrNO3. The van der Waals surface area contributed by atoms with Gasteiger partial charge >= 0.3 is 0 Å². The molecule has 0 fully saturated rings. The number of amides is 1. The lowest BCUT2D eigenvalue weighted by molar-refractivity contribution is -0.120. The van der Waals surface area contributed by atoms with E-state index in [2.05, 4.69) is 21.2 Å². The third kappa shape index (κ3) is 5.09. The van der Waals surface area contributed by atoms with E-state index in [0.29, 0.717) is 11.3 Å². The number of rotatable bonds is 6. The Labute approximate surface area is 137 Å². The van der Waals surface area contributed by atoms with Crippen LogP contribution in [0, 0.1) is 6.92 Å². The molecule has 0 saturated heterocycles. The number of Topliss-reactive ketones (excluding diaryl/α,β-unsaturated/α-hetero) is 1. The fraction of sp³-hybridized carbons (Fsp3) is 0.176. The number of hydrogen-bond donors (Lipinski definition) is 1. The van der Waals surface area contributed by atoms with Crippen molar-refractivity contribution >= 4 is 33.3 Å². The first-order valence-electron chi connectivity index (χ1n) is 6.77. The summed E-state index contributed by atoms with van der Waals surface area (Å²) in [5, 5.41) is 2.72. The number of aryl methyl sites for hydroxylation is 1. The molecule has 2 aromatic carbocycles. The summed E-state index contributed by atoms with van der Waals surface area (Å²) in [5.41, 5.74) is 2.33. The average molecular weight is 362 g/mol. The Morgan fingerprint density at radius 2 is 1.82 bits per heavy atom. The van der Waals surface area contributed by atoms with Crippen molar-refractivity contribution in [3.63, 3.8) is 0 Å². The summed E-state index contributed by atoms with van der Waals surface area (Å²) in [4.78, 5) is 23.6. The predicted octanol–water partition coefficient (Wildman–Crippen LogP) is 3.60. The number of nitrogens with one attached hydrogen (secondary N) is 1. The van der Waals surface area contributed by atoms with Crippen LogP contribution >= 0.6 is 15.9 Å². The van der Waals surface area contributed by atoms with Gasteiger partial charge in [-0.25, -0.2) is 0 Å². The summed E-state index contributed by atoms with van der Waals surface area (Å²) in [5.74, 6) is -0.440. The highest BCUT2D eigenvalue weighted by Gasteiger charge is 2.08. The van der Waals surface area contributed by atoms with Crippen molar-refractivity contribution in [1.29, 1.82) is 0 Å². The molecule has 0 unspecified atom stereocenters. The Balaban J connectivity index is 1.77. The Morgan fingerprint density at radius 1 is 1.09 bits per heavy atom. The second-order valence-corrected chi connectivity index (χ2v) is 5.76. The quantitative estimate of drug-likeness (QED) is 0.799. The molecule has 4 nitrogen and oxygen atoms in total. The number of benzene rings is 2. The number of ketones is 1. The molecule has 5 heteroatoms. The molecule has 2 aromatic rings. The molecule has 22 heavy (non-hydrogen) atoms. The molecule has 114 valence electrons. The Hall–Kier alpha value is -1.98. The largest absolute Gasteiger partial charge is 0.363 e. The fourth-order valence-corrected chi connectivity index (χ4v) is 2.14. The van der Waals surface area contributed by atoms with Gasteiger partial charge in [-0.15, -0.1) is 0 Å². The molecule has 0 aromatic heterocycles. The molecule has 0 aliphatic rings. The van der Waals surface area contributed by atoms with Crippen molar-refractivity contribution < 1.29 is 14.3 Å². The van der Waals surface area contributed by atoms with E-state index >= 15 is 0 Å². The normalized spacial score (nSPS) is 10.3. The van der Waals surface area contributed by atoms with Gasteiger partial charge < -0.3 is 10.1 Å². The van der Waals surface area contributed by atoms with Gasteiger partial charge in [-0.3, -0.25) is 9.59 Å². The first kappa shape index (κ1) is 16.4. The third-order valence-electron chi connectivity index (χ3n) is 2.93. The molecule has 1 amide bonds. The standard InChI is InChI=1S/C17H16BrNO3/c1-12-3-2-4-15(9-12)19-17(21)11-22-10-16(20)13-5-7-14(18)8-6-13/h2-9H,10-11H2,1H3,(H,19,21). The molecule has 0 radical (unpaired) electrons. The van der Waals surface area contributed by atoms with Crippen LogP contribution in [0.25, 0.3) is 0 Å². The first-order valence-corrected chi connectivity index (χ1v) is 7.57. The van der Waals surface area contributed by atoms with E-state index in [4.69, 9.17) is 4.74 Å². The smallest absolute Gasteiger partial charge is 0.250 e. The van der Waals surface area contributed by atoms with E-state index in [-0.39, 0.29) is 24.9 Å². The van der Waals surface area contributed by atoms with Gasteiger partial charge in [-0.2, -0.15) is 0 Å². The average Bonchev–Trinajstić information content (AvgIpc) is 2.47. The summed E-state index contributed by atoms with van der Waals surface area (Å²) in [7, 11) is 0. The highest BCUT2D eigenvalue weighted by atomic mass is 79.9. The van der Waals surface area contributed by atoms with Crippen molar-refractivity contribution in [3.05, 3.63) is 64.1 Å². The van der Waals surface area contributed by atoms with Crippen LogP contribution in [0.1, 0.15) is 15.9 Å². The molecule has 1 N–H and O–H groups in total. The van der Waals surface area contributed by atoms with E-state index in [1.54, 1.807) is 30.3 Å². The molecule has 0 aliphatic carbocycles. The first-order chi connectivity index (χ1) is 10.5. The minimum Gasteiger partial charge on any atom is -0.363 e. The number of carbonyl (C=O) groups is 2. The summed E-state index contributed by atoms with van der Waals surface area (Å²) in [6.45, 7) is 1.67. The lowest BCUT2D eigenvalue weighted by Crippen LogP contribution is -2.21.